The zero-order chi connectivity index (χ0) is 14.4. The Morgan fingerprint density at radius 2 is 1.79 bits per heavy atom. The summed E-state index contributed by atoms with van der Waals surface area (Å²) in [4.78, 5) is 0. The molecule has 1 aromatic carbocycles. The van der Waals surface area contributed by atoms with Crippen LogP contribution in [0.3, 0.4) is 0 Å². The van der Waals surface area contributed by atoms with Gasteiger partial charge in [-0.15, -0.1) is 0 Å². The monoisotopic (exact) mass is 260 g/mol. The Bertz CT molecular complexity index is 515. The fraction of sp³-hybridized carbons (Fsp3) is 0.438. The van der Waals surface area contributed by atoms with Crippen molar-refractivity contribution in [3.05, 3.63) is 36.0 Å². The number of rotatable bonds is 3. The third-order valence-electron chi connectivity index (χ3n) is 2.81. The summed E-state index contributed by atoms with van der Waals surface area (Å²) in [6.45, 7) is 10.3. The van der Waals surface area contributed by atoms with E-state index >= 15 is 0 Å². The number of ether oxygens (including phenoxy) is 1. The molecular formula is C16H24N2O. The molecule has 0 radical (unpaired) electrons. The molecule has 19 heavy (non-hydrogen) atoms. The van der Waals surface area contributed by atoms with Gasteiger partial charge in [-0.3, -0.25) is 4.68 Å². The SMILES string of the molecule is CC.COc1ccccc1-c1nn(C(C)C)cc1C. The summed E-state index contributed by atoms with van der Waals surface area (Å²) in [7, 11) is 1.69. The van der Waals surface area contributed by atoms with Crippen LogP contribution in [0.2, 0.25) is 0 Å². The number of benzene rings is 1. The minimum atomic E-state index is 0.372. The van der Waals surface area contributed by atoms with Crippen LogP contribution in [0, 0.1) is 6.92 Å². The molecule has 0 saturated carbocycles. The zero-order valence-electron chi connectivity index (χ0n) is 12.8. The second-order valence-electron chi connectivity index (χ2n) is 4.43. The van der Waals surface area contributed by atoms with E-state index in [9.17, 15) is 0 Å². The molecule has 0 aliphatic heterocycles. The van der Waals surface area contributed by atoms with Crippen LogP contribution in [-0.2, 0) is 0 Å². The van der Waals surface area contributed by atoms with Gasteiger partial charge in [-0.05, 0) is 38.5 Å². The molecule has 0 fully saturated rings. The van der Waals surface area contributed by atoms with E-state index in [1.165, 1.54) is 5.56 Å². The molecule has 1 heterocycles. The van der Waals surface area contributed by atoms with Crippen LogP contribution < -0.4 is 4.74 Å². The van der Waals surface area contributed by atoms with E-state index in [1.807, 2.05) is 42.8 Å². The van der Waals surface area contributed by atoms with E-state index in [0.29, 0.717) is 6.04 Å². The van der Waals surface area contributed by atoms with Crippen LogP contribution in [0.1, 0.15) is 39.3 Å². The molecule has 3 heteroatoms. The molecule has 2 aromatic rings. The Kier molecular flexibility index (Phi) is 5.61. The minimum Gasteiger partial charge on any atom is -0.496 e. The van der Waals surface area contributed by atoms with Gasteiger partial charge in [-0.1, -0.05) is 26.0 Å². The first-order valence-electron chi connectivity index (χ1n) is 6.82. The van der Waals surface area contributed by atoms with E-state index in [2.05, 4.69) is 32.1 Å². The first-order chi connectivity index (χ1) is 9.13. The molecule has 0 aliphatic rings. The smallest absolute Gasteiger partial charge is 0.128 e. The molecule has 104 valence electrons. The highest BCUT2D eigenvalue weighted by atomic mass is 16.5. The number of hydrogen-bond acceptors (Lipinski definition) is 2. The van der Waals surface area contributed by atoms with Crippen molar-refractivity contribution in [2.45, 2.75) is 40.7 Å². The van der Waals surface area contributed by atoms with Gasteiger partial charge in [0.05, 0.1) is 12.8 Å². The highest BCUT2D eigenvalue weighted by molar-refractivity contribution is 5.69. The third-order valence-corrected chi connectivity index (χ3v) is 2.81. The summed E-state index contributed by atoms with van der Waals surface area (Å²) < 4.78 is 7.36. The molecule has 2 rings (SSSR count). The van der Waals surface area contributed by atoms with E-state index < -0.39 is 0 Å². The molecule has 0 saturated heterocycles. The predicted molar refractivity (Wildman–Crippen MR) is 80.7 cm³/mol. The van der Waals surface area contributed by atoms with Gasteiger partial charge in [0.1, 0.15) is 5.75 Å². The number of hydrogen-bond donors (Lipinski definition) is 0. The second kappa shape index (κ2) is 6.98. The molecule has 3 nitrogen and oxygen atoms in total. The van der Waals surface area contributed by atoms with Gasteiger partial charge >= 0.3 is 0 Å². The summed E-state index contributed by atoms with van der Waals surface area (Å²) in [5.41, 5.74) is 3.21. The number of aromatic nitrogens is 2. The van der Waals surface area contributed by atoms with Crippen LogP contribution in [0.4, 0.5) is 0 Å². The molecule has 0 spiro atoms. The van der Waals surface area contributed by atoms with Gasteiger partial charge in [-0.2, -0.15) is 5.10 Å². The maximum absolute atomic E-state index is 5.38. The van der Waals surface area contributed by atoms with Crippen LogP contribution in [0.15, 0.2) is 30.5 Å². The lowest BCUT2D eigenvalue weighted by molar-refractivity contribution is 0.416. The second-order valence-corrected chi connectivity index (χ2v) is 4.43. The normalized spacial score (nSPS) is 10.1. The Morgan fingerprint density at radius 1 is 1.16 bits per heavy atom. The molecule has 0 bridgehead atoms. The Hall–Kier alpha value is -1.77. The lowest BCUT2D eigenvalue weighted by Gasteiger charge is -2.07. The van der Waals surface area contributed by atoms with Crippen molar-refractivity contribution < 1.29 is 4.74 Å². The lowest BCUT2D eigenvalue weighted by Crippen LogP contribution is -2.00. The van der Waals surface area contributed by atoms with Gasteiger partial charge in [0, 0.05) is 17.8 Å². The highest BCUT2D eigenvalue weighted by Crippen LogP contribution is 2.30. The summed E-state index contributed by atoms with van der Waals surface area (Å²) in [6.07, 6.45) is 2.08. The quantitative estimate of drug-likeness (QED) is 0.814. The third kappa shape index (κ3) is 3.37. The van der Waals surface area contributed by atoms with Crippen molar-refractivity contribution >= 4 is 0 Å². The van der Waals surface area contributed by atoms with Gasteiger partial charge in [0.25, 0.3) is 0 Å². The zero-order valence-corrected chi connectivity index (χ0v) is 12.8. The summed E-state index contributed by atoms with van der Waals surface area (Å²) in [5.74, 6) is 0.865. The van der Waals surface area contributed by atoms with Crippen molar-refractivity contribution in [1.29, 1.82) is 0 Å². The molecule has 1 aromatic heterocycles. The van der Waals surface area contributed by atoms with Crippen LogP contribution >= 0.6 is 0 Å². The van der Waals surface area contributed by atoms with E-state index in [-0.39, 0.29) is 0 Å². The maximum Gasteiger partial charge on any atom is 0.128 e. The van der Waals surface area contributed by atoms with Crippen molar-refractivity contribution in [2.24, 2.45) is 0 Å². The number of aryl methyl sites for hydroxylation is 1. The molecule has 0 unspecified atom stereocenters. The molecule has 0 atom stereocenters. The van der Waals surface area contributed by atoms with E-state index in [0.717, 1.165) is 17.0 Å². The Morgan fingerprint density at radius 3 is 2.32 bits per heavy atom. The fourth-order valence-corrected chi connectivity index (χ4v) is 1.85. The first-order valence-corrected chi connectivity index (χ1v) is 6.82. The molecule has 0 aliphatic carbocycles. The Labute approximate surface area is 116 Å². The average molecular weight is 260 g/mol. The Balaban J connectivity index is 0.000000861. The van der Waals surface area contributed by atoms with Crippen molar-refractivity contribution in [1.82, 2.24) is 9.78 Å². The van der Waals surface area contributed by atoms with E-state index in [4.69, 9.17) is 4.74 Å². The first kappa shape index (κ1) is 15.3. The molecule has 0 N–H and O–H groups in total. The van der Waals surface area contributed by atoms with Gasteiger partial charge < -0.3 is 4.74 Å². The largest absolute Gasteiger partial charge is 0.496 e. The van der Waals surface area contributed by atoms with E-state index in [1.54, 1.807) is 7.11 Å². The molecular weight excluding hydrogens is 236 g/mol. The van der Waals surface area contributed by atoms with Crippen molar-refractivity contribution in [3.63, 3.8) is 0 Å². The predicted octanol–water partition coefficient (Wildman–Crippen LogP) is 4.47. The minimum absolute atomic E-state index is 0.372. The topological polar surface area (TPSA) is 27.1 Å². The fourth-order valence-electron chi connectivity index (χ4n) is 1.85. The summed E-state index contributed by atoms with van der Waals surface area (Å²) in [6, 6.07) is 8.35. The van der Waals surface area contributed by atoms with Crippen LogP contribution in [0.25, 0.3) is 11.3 Å². The van der Waals surface area contributed by atoms with Gasteiger partial charge in [0.2, 0.25) is 0 Å². The van der Waals surface area contributed by atoms with Gasteiger partial charge in [-0.25, -0.2) is 0 Å². The summed E-state index contributed by atoms with van der Waals surface area (Å²) >= 11 is 0. The van der Waals surface area contributed by atoms with Gasteiger partial charge in [0.15, 0.2) is 0 Å². The number of methoxy groups -OCH3 is 1. The average Bonchev–Trinajstić information content (AvgIpc) is 2.83. The summed E-state index contributed by atoms with van der Waals surface area (Å²) in [5, 5.41) is 4.62. The van der Waals surface area contributed by atoms with Crippen LogP contribution in [0.5, 0.6) is 5.75 Å². The molecule has 0 amide bonds. The number of nitrogens with zero attached hydrogens (tertiary/aromatic N) is 2. The van der Waals surface area contributed by atoms with Crippen LogP contribution in [-0.4, -0.2) is 16.9 Å². The standard InChI is InChI=1S/C14H18N2O.C2H6/c1-10(2)16-9-11(3)14(15-16)12-7-5-6-8-13(12)17-4;1-2/h5-10H,1-4H3;1-2H3. The highest BCUT2D eigenvalue weighted by Gasteiger charge is 2.12. The van der Waals surface area contributed by atoms with Crippen molar-refractivity contribution in [3.8, 4) is 17.0 Å². The maximum atomic E-state index is 5.38. The van der Waals surface area contributed by atoms with Crippen molar-refractivity contribution in [2.75, 3.05) is 7.11 Å². The lowest BCUT2D eigenvalue weighted by atomic mass is 10.1. The number of para-hydroxylation sites is 1.